The topological polar surface area (TPSA) is 17.1 Å². The van der Waals surface area contributed by atoms with Crippen molar-refractivity contribution < 1.29 is 4.79 Å². The highest BCUT2D eigenvalue weighted by atomic mass is 32.1. The highest BCUT2D eigenvalue weighted by molar-refractivity contribution is 7.11. The first-order valence-electron chi connectivity index (χ1n) is 6.75. The molecule has 0 bridgehead atoms. The van der Waals surface area contributed by atoms with Gasteiger partial charge >= 0.3 is 0 Å². The molecule has 0 saturated heterocycles. The van der Waals surface area contributed by atoms with Crippen LogP contribution in [-0.4, -0.2) is 6.29 Å². The Hall–Kier alpha value is -2.23. The molecule has 3 rings (SSSR count). The van der Waals surface area contributed by atoms with Crippen molar-refractivity contribution in [2.75, 3.05) is 0 Å². The summed E-state index contributed by atoms with van der Waals surface area (Å²) in [6.07, 6.45) is 0.871. The monoisotopic (exact) mass is 322 g/mol. The molecule has 0 aliphatic heterocycles. The number of thiophene rings is 2. The molecule has 2 aromatic heterocycles. The first-order valence-corrected chi connectivity index (χ1v) is 8.51. The third-order valence-electron chi connectivity index (χ3n) is 3.43. The summed E-state index contributed by atoms with van der Waals surface area (Å²) in [4.78, 5) is 13.5. The van der Waals surface area contributed by atoms with Gasteiger partial charge in [0.2, 0.25) is 0 Å². The van der Waals surface area contributed by atoms with Gasteiger partial charge in [-0.3, -0.25) is 4.79 Å². The van der Waals surface area contributed by atoms with E-state index in [2.05, 4.69) is 19.2 Å². The van der Waals surface area contributed by atoms with Crippen molar-refractivity contribution in [3.8, 4) is 0 Å². The zero-order valence-corrected chi connectivity index (χ0v) is 13.5. The van der Waals surface area contributed by atoms with Crippen molar-refractivity contribution >= 4 is 40.1 Å². The summed E-state index contributed by atoms with van der Waals surface area (Å²) >= 11 is 3.29. The molecule has 0 aliphatic rings. The molecule has 0 radical (unpaired) electrons. The Bertz CT molecular complexity index is 760. The van der Waals surface area contributed by atoms with Gasteiger partial charge in [0.1, 0.15) is 6.29 Å². The molecule has 0 spiro atoms. The van der Waals surface area contributed by atoms with E-state index in [1.807, 2.05) is 47.2 Å². The molecule has 0 unspecified atom stereocenters. The maximum atomic E-state index is 11.3. The number of carbonyl (C=O) groups is 1. The minimum Gasteiger partial charge on any atom is -0.298 e. The first kappa shape index (κ1) is 14.7. The van der Waals surface area contributed by atoms with Crippen LogP contribution in [0.25, 0.3) is 11.1 Å². The van der Waals surface area contributed by atoms with Crippen molar-refractivity contribution in [2.45, 2.75) is 0 Å². The molecular weight excluding hydrogens is 308 g/mol. The maximum Gasteiger partial charge on any atom is 0.150 e. The van der Waals surface area contributed by atoms with E-state index >= 15 is 0 Å². The third-order valence-corrected chi connectivity index (χ3v) is 5.28. The zero-order chi connectivity index (χ0) is 15.5. The molecule has 0 atom stereocenters. The van der Waals surface area contributed by atoms with Gasteiger partial charge < -0.3 is 0 Å². The van der Waals surface area contributed by atoms with Gasteiger partial charge in [-0.05, 0) is 63.4 Å². The molecule has 1 nitrogen and oxygen atoms in total. The number of hydrogen-bond acceptors (Lipinski definition) is 3. The van der Waals surface area contributed by atoms with Crippen LogP contribution in [0.5, 0.6) is 0 Å². The number of benzene rings is 1. The maximum absolute atomic E-state index is 11.3. The molecule has 108 valence electrons. The van der Waals surface area contributed by atoms with Gasteiger partial charge in [0.15, 0.2) is 0 Å². The SMILES string of the molecule is C=C(c1cc(C=O)cc(C(=C)c2cccs2)c1)c1cccs1. The van der Waals surface area contributed by atoms with Crippen molar-refractivity contribution in [2.24, 2.45) is 0 Å². The molecule has 0 saturated carbocycles. The Morgan fingerprint density at radius 1 is 0.864 bits per heavy atom. The predicted molar refractivity (Wildman–Crippen MR) is 96.7 cm³/mol. The summed E-state index contributed by atoms with van der Waals surface area (Å²) in [5.74, 6) is 0. The van der Waals surface area contributed by atoms with Crippen molar-refractivity contribution in [3.05, 3.63) is 92.8 Å². The molecular formula is C19H14OS2. The summed E-state index contributed by atoms with van der Waals surface area (Å²) in [5, 5.41) is 4.05. The fourth-order valence-corrected chi connectivity index (χ4v) is 3.70. The lowest BCUT2D eigenvalue weighted by Crippen LogP contribution is -1.92. The Morgan fingerprint density at radius 3 is 1.73 bits per heavy atom. The summed E-state index contributed by atoms with van der Waals surface area (Å²) in [5.41, 5.74) is 4.42. The van der Waals surface area contributed by atoms with E-state index in [1.165, 1.54) is 0 Å². The van der Waals surface area contributed by atoms with E-state index in [9.17, 15) is 4.79 Å². The molecule has 0 aliphatic carbocycles. The zero-order valence-electron chi connectivity index (χ0n) is 11.9. The van der Waals surface area contributed by atoms with Crippen LogP contribution in [0.2, 0.25) is 0 Å². The lowest BCUT2D eigenvalue weighted by molar-refractivity contribution is 0.112. The van der Waals surface area contributed by atoms with Crippen molar-refractivity contribution in [3.63, 3.8) is 0 Å². The van der Waals surface area contributed by atoms with Crippen molar-refractivity contribution in [1.82, 2.24) is 0 Å². The van der Waals surface area contributed by atoms with Crippen LogP contribution in [0.15, 0.2) is 66.4 Å². The van der Waals surface area contributed by atoms with Crippen LogP contribution < -0.4 is 0 Å². The minimum atomic E-state index is 0.642. The second-order valence-electron chi connectivity index (χ2n) is 4.87. The van der Waals surface area contributed by atoms with Gasteiger partial charge in [0.05, 0.1) is 0 Å². The Balaban J connectivity index is 2.05. The standard InChI is InChI=1S/C19H14OS2/c1-13(18-5-3-7-21-18)16-9-15(12-20)10-17(11-16)14(2)19-6-4-8-22-19/h3-12H,1-2H2. The van der Waals surface area contributed by atoms with Crippen molar-refractivity contribution in [1.29, 1.82) is 0 Å². The lowest BCUT2D eigenvalue weighted by atomic mass is 9.96. The second kappa shape index (κ2) is 6.26. The summed E-state index contributed by atoms with van der Waals surface area (Å²) in [6, 6.07) is 13.9. The fraction of sp³-hybridized carbons (Fsp3) is 0. The Labute approximate surface area is 137 Å². The van der Waals surface area contributed by atoms with Crippen LogP contribution in [-0.2, 0) is 0 Å². The van der Waals surface area contributed by atoms with Crippen LogP contribution >= 0.6 is 22.7 Å². The second-order valence-corrected chi connectivity index (χ2v) is 6.77. The average molecular weight is 322 g/mol. The quantitative estimate of drug-likeness (QED) is 0.547. The first-order chi connectivity index (χ1) is 10.7. The van der Waals surface area contributed by atoms with Gasteiger partial charge in [0, 0.05) is 15.3 Å². The summed E-state index contributed by atoms with van der Waals surface area (Å²) in [6.45, 7) is 8.35. The van der Waals surface area contributed by atoms with Crippen LogP contribution in [0.3, 0.4) is 0 Å². The van der Waals surface area contributed by atoms with Gasteiger partial charge in [-0.15, -0.1) is 22.7 Å². The molecule has 0 fully saturated rings. The fourth-order valence-electron chi connectivity index (χ4n) is 2.25. The highest BCUT2D eigenvalue weighted by Crippen LogP contribution is 2.31. The molecule has 22 heavy (non-hydrogen) atoms. The lowest BCUT2D eigenvalue weighted by Gasteiger charge is -2.10. The molecule has 2 heterocycles. The van der Waals surface area contributed by atoms with Gasteiger partial charge in [-0.1, -0.05) is 25.3 Å². The molecule has 3 aromatic rings. The van der Waals surface area contributed by atoms with Gasteiger partial charge in [-0.2, -0.15) is 0 Å². The molecule has 0 amide bonds. The number of aldehydes is 1. The predicted octanol–water partition coefficient (Wildman–Crippen LogP) is 5.75. The van der Waals surface area contributed by atoms with Crippen LogP contribution in [0, 0.1) is 0 Å². The Morgan fingerprint density at radius 2 is 1.36 bits per heavy atom. The van der Waals surface area contributed by atoms with E-state index in [0.29, 0.717) is 5.56 Å². The molecule has 1 aromatic carbocycles. The third kappa shape index (κ3) is 2.86. The Kier molecular flexibility index (Phi) is 4.18. The smallest absolute Gasteiger partial charge is 0.150 e. The number of rotatable bonds is 5. The van der Waals surface area contributed by atoms with E-state index in [1.54, 1.807) is 22.7 Å². The normalized spacial score (nSPS) is 10.4. The van der Waals surface area contributed by atoms with E-state index < -0.39 is 0 Å². The van der Waals surface area contributed by atoms with Gasteiger partial charge in [-0.25, -0.2) is 0 Å². The van der Waals surface area contributed by atoms with Crippen LogP contribution in [0.4, 0.5) is 0 Å². The van der Waals surface area contributed by atoms with E-state index in [4.69, 9.17) is 0 Å². The molecule has 0 N–H and O–H groups in total. The van der Waals surface area contributed by atoms with Gasteiger partial charge in [0.25, 0.3) is 0 Å². The summed E-state index contributed by atoms with van der Waals surface area (Å²) in [7, 11) is 0. The summed E-state index contributed by atoms with van der Waals surface area (Å²) < 4.78 is 0. The number of hydrogen-bond donors (Lipinski definition) is 0. The van der Waals surface area contributed by atoms with E-state index in [-0.39, 0.29) is 0 Å². The van der Waals surface area contributed by atoms with E-state index in [0.717, 1.165) is 38.3 Å². The van der Waals surface area contributed by atoms with Crippen LogP contribution in [0.1, 0.15) is 31.2 Å². The number of carbonyl (C=O) groups excluding carboxylic acids is 1. The largest absolute Gasteiger partial charge is 0.298 e. The minimum absolute atomic E-state index is 0.642. The highest BCUT2D eigenvalue weighted by Gasteiger charge is 2.10. The molecule has 3 heteroatoms. The average Bonchev–Trinajstić information content (AvgIpc) is 3.25.